The molecule has 7 nitrogen and oxygen atoms in total. The van der Waals surface area contributed by atoms with E-state index in [0.29, 0.717) is 5.75 Å². The molecule has 1 amide bonds. The molecule has 0 unspecified atom stereocenters. The maximum absolute atomic E-state index is 11.2. The third kappa shape index (κ3) is 3.78. The molecule has 0 bridgehead atoms. The number of piperidine rings is 1. The molecular weight excluding hydrogens is 342 g/mol. The lowest BCUT2D eigenvalue weighted by Crippen LogP contribution is -2.38. The number of hydrogen-bond donors (Lipinski definition) is 1. The van der Waals surface area contributed by atoms with Crippen LogP contribution in [0.1, 0.15) is 34.6 Å². The van der Waals surface area contributed by atoms with E-state index in [1.165, 1.54) is 11.3 Å². The molecule has 140 valence electrons. The van der Waals surface area contributed by atoms with Crippen LogP contribution in [0.2, 0.25) is 0 Å². The van der Waals surface area contributed by atoms with E-state index in [9.17, 15) is 4.79 Å². The Balaban J connectivity index is 1.35. The number of imidazole rings is 1. The van der Waals surface area contributed by atoms with Crippen LogP contribution in [0.15, 0.2) is 42.9 Å². The monoisotopic (exact) mass is 365 g/mol. The lowest BCUT2D eigenvalue weighted by atomic mass is 10.1. The number of nitrogens with two attached hydrogens (primary N) is 1. The summed E-state index contributed by atoms with van der Waals surface area (Å²) in [5.41, 5.74) is 8.91. The number of pyridine rings is 2. The summed E-state index contributed by atoms with van der Waals surface area (Å²) in [5, 5.41) is 0. The molecule has 3 aromatic heterocycles. The maximum atomic E-state index is 11.2. The molecule has 1 aliphatic heterocycles. The van der Waals surface area contributed by atoms with Crippen LogP contribution in [0.4, 0.5) is 0 Å². The van der Waals surface area contributed by atoms with E-state index in [4.69, 9.17) is 10.5 Å². The van der Waals surface area contributed by atoms with Gasteiger partial charge in [0.25, 0.3) is 5.91 Å². The normalized spacial score (nSPS) is 15.9. The quantitative estimate of drug-likeness (QED) is 0.749. The highest BCUT2D eigenvalue weighted by Gasteiger charge is 2.22. The van der Waals surface area contributed by atoms with Crippen LogP contribution in [-0.2, 0) is 6.54 Å². The molecule has 0 saturated carbocycles. The Bertz CT molecular complexity index is 960. The first kappa shape index (κ1) is 17.5. The van der Waals surface area contributed by atoms with E-state index in [1.807, 2.05) is 6.20 Å². The minimum atomic E-state index is -0.543. The van der Waals surface area contributed by atoms with Crippen molar-refractivity contribution in [2.45, 2.75) is 32.4 Å². The molecule has 2 N–H and O–H groups in total. The molecule has 4 heterocycles. The fourth-order valence-electron chi connectivity index (χ4n) is 3.55. The van der Waals surface area contributed by atoms with Crippen LogP contribution in [0.5, 0.6) is 5.75 Å². The molecule has 0 spiro atoms. The lowest BCUT2D eigenvalue weighted by molar-refractivity contribution is 0.0947. The summed E-state index contributed by atoms with van der Waals surface area (Å²) in [6, 6.07) is 7.51. The van der Waals surface area contributed by atoms with Crippen molar-refractivity contribution in [1.29, 1.82) is 0 Å². The van der Waals surface area contributed by atoms with Gasteiger partial charge in [-0.25, -0.2) is 4.98 Å². The molecule has 1 aliphatic rings. The Morgan fingerprint density at radius 3 is 2.89 bits per heavy atom. The van der Waals surface area contributed by atoms with Crippen LogP contribution in [0, 0.1) is 6.92 Å². The van der Waals surface area contributed by atoms with Crippen LogP contribution >= 0.6 is 0 Å². The molecule has 4 rings (SSSR count). The van der Waals surface area contributed by atoms with E-state index in [2.05, 4.69) is 44.5 Å². The van der Waals surface area contributed by atoms with Crippen molar-refractivity contribution in [2.24, 2.45) is 5.73 Å². The molecule has 0 atom stereocenters. The van der Waals surface area contributed by atoms with Gasteiger partial charge in [-0.1, -0.05) is 6.07 Å². The van der Waals surface area contributed by atoms with Crippen LogP contribution in [0.3, 0.4) is 0 Å². The summed E-state index contributed by atoms with van der Waals surface area (Å²) in [5.74, 6) is 0.105. The first-order valence-electron chi connectivity index (χ1n) is 9.16. The second kappa shape index (κ2) is 7.36. The third-order valence-electron chi connectivity index (χ3n) is 5.01. The zero-order valence-electron chi connectivity index (χ0n) is 15.3. The maximum Gasteiger partial charge on any atom is 0.267 e. The highest BCUT2D eigenvalue weighted by Crippen LogP contribution is 2.21. The second-order valence-electron chi connectivity index (χ2n) is 6.97. The van der Waals surface area contributed by atoms with Crippen LogP contribution < -0.4 is 10.5 Å². The summed E-state index contributed by atoms with van der Waals surface area (Å²) in [4.78, 5) is 22.2. The van der Waals surface area contributed by atoms with E-state index in [0.717, 1.165) is 38.1 Å². The predicted octanol–water partition coefficient (Wildman–Crippen LogP) is 2.18. The van der Waals surface area contributed by atoms with Gasteiger partial charge in [-0.05, 0) is 37.5 Å². The smallest absolute Gasteiger partial charge is 0.267 e. The van der Waals surface area contributed by atoms with Gasteiger partial charge in [-0.2, -0.15) is 0 Å². The minimum absolute atomic E-state index is 0.133. The number of carbonyl (C=O) groups excluding carboxylic acids is 1. The minimum Gasteiger partial charge on any atom is -0.490 e. The van der Waals surface area contributed by atoms with Crippen molar-refractivity contribution in [3.8, 4) is 5.75 Å². The van der Waals surface area contributed by atoms with Gasteiger partial charge in [0.05, 0.1) is 11.9 Å². The number of amides is 1. The lowest BCUT2D eigenvalue weighted by Gasteiger charge is -2.32. The number of carbonyl (C=O) groups is 1. The summed E-state index contributed by atoms with van der Waals surface area (Å²) < 4.78 is 8.19. The summed E-state index contributed by atoms with van der Waals surface area (Å²) in [6.07, 6.45) is 7.59. The Morgan fingerprint density at radius 2 is 2.11 bits per heavy atom. The van der Waals surface area contributed by atoms with Gasteiger partial charge < -0.3 is 14.9 Å². The molecule has 0 radical (unpaired) electrons. The standard InChI is InChI=1S/C20H23N5O2/c1-14-3-2-8-25-15(12-23-20(14)25)13-24-9-5-16(6-10-24)27-17-4-7-22-18(11-17)19(21)26/h2-4,7-8,11-12,16H,5-6,9-10,13H2,1H3,(H2,21,26). The topological polar surface area (TPSA) is 85.8 Å². The van der Waals surface area contributed by atoms with E-state index < -0.39 is 5.91 Å². The van der Waals surface area contributed by atoms with Crippen molar-refractivity contribution in [3.05, 3.63) is 59.8 Å². The van der Waals surface area contributed by atoms with Gasteiger partial charge in [-0.15, -0.1) is 0 Å². The Kier molecular flexibility index (Phi) is 4.77. The number of rotatable bonds is 5. The molecule has 1 fully saturated rings. The van der Waals surface area contributed by atoms with Crippen molar-refractivity contribution in [2.75, 3.05) is 13.1 Å². The third-order valence-corrected chi connectivity index (χ3v) is 5.01. The Morgan fingerprint density at radius 1 is 1.30 bits per heavy atom. The van der Waals surface area contributed by atoms with Crippen molar-refractivity contribution >= 4 is 11.6 Å². The molecule has 0 aliphatic carbocycles. The highest BCUT2D eigenvalue weighted by molar-refractivity contribution is 5.91. The molecule has 27 heavy (non-hydrogen) atoms. The summed E-state index contributed by atoms with van der Waals surface area (Å²) in [7, 11) is 0. The van der Waals surface area contributed by atoms with Gasteiger partial charge in [0.1, 0.15) is 23.2 Å². The second-order valence-corrected chi connectivity index (χ2v) is 6.97. The highest BCUT2D eigenvalue weighted by atomic mass is 16.5. The first-order chi connectivity index (χ1) is 13.1. The average molecular weight is 365 g/mol. The molecule has 0 aromatic carbocycles. The Labute approximate surface area is 157 Å². The SMILES string of the molecule is Cc1cccn2c(CN3CCC(Oc4ccnc(C(N)=O)c4)CC3)cnc12. The van der Waals surface area contributed by atoms with Gasteiger partial charge in [-0.3, -0.25) is 14.7 Å². The van der Waals surface area contributed by atoms with Crippen LogP contribution in [0.25, 0.3) is 5.65 Å². The first-order valence-corrected chi connectivity index (χ1v) is 9.16. The predicted molar refractivity (Wildman–Crippen MR) is 102 cm³/mol. The zero-order valence-corrected chi connectivity index (χ0v) is 15.3. The number of aryl methyl sites for hydroxylation is 1. The number of likely N-dealkylation sites (tertiary alicyclic amines) is 1. The molecule has 1 saturated heterocycles. The largest absolute Gasteiger partial charge is 0.490 e. The fraction of sp³-hybridized carbons (Fsp3) is 0.350. The Hall–Kier alpha value is -2.93. The van der Waals surface area contributed by atoms with E-state index in [1.54, 1.807) is 18.3 Å². The number of ether oxygens (including phenoxy) is 1. The van der Waals surface area contributed by atoms with E-state index >= 15 is 0 Å². The molecular formula is C20H23N5O2. The summed E-state index contributed by atoms with van der Waals surface area (Å²) in [6.45, 7) is 4.87. The average Bonchev–Trinajstić information content (AvgIpc) is 3.08. The van der Waals surface area contributed by atoms with Gasteiger partial charge in [0.2, 0.25) is 0 Å². The van der Waals surface area contributed by atoms with Crippen molar-refractivity contribution in [3.63, 3.8) is 0 Å². The van der Waals surface area contributed by atoms with Crippen molar-refractivity contribution in [1.82, 2.24) is 19.3 Å². The van der Waals surface area contributed by atoms with E-state index in [-0.39, 0.29) is 11.8 Å². The number of hydrogen-bond acceptors (Lipinski definition) is 5. The fourth-order valence-corrected chi connectivity index (χ4v) is 3.55. The number of primary amides is 1. The molecule has 3 aromatic rings. The van der Waals surface area contributed by atoms with Gasteiger partial charge >= 0.3 is 0 Å². The zero-order chi connectivity index (χ0) is 18.8. The van der Waals surface area contributed by atoms with Gasteiger partial charge in [0, 0.05) is 38.1 Å². The van der Waals surface area contributed by atoms with Crippen molar-refractivity contribution < 1.29 is 9.53 Å². The molecule has 7 heteroatoms. The van der Waals surface area contributed by atoms with Crippen LogP contribution in [-0.4, -0.2) is 44.4 Å². The number of nitrogens with zero attached hydrogens (tertiary/aromatic N) is 4. The van der Waals surface area contributed by atoms with Gasteiger partial charge in [0.15, 0.2) is 0 Å². The number of fused-ring (bicyclic) bond motifs is 1. The number of aromatic nitrogens is 3. The summed E-state index contributed by atoms with van der Waals surface area (Å²) >= 11 is 0.